The fraction of sp³-hybridized carbons (Fsp3) is 0.750. The first-order valence-corrected chi connectivity index (χ1v) is 6.76. The molecule has 1 fully saturated rings. The Hall–Kier alpha value is -0.410. The Kier molecular flexibility index (Phi) is 3.76. The summed E-state index contributed by atoms with van der Waals surface area (Å²) in [5.74, 6) is 0.752. The standard InChI is InChI=1S/C12H20N2S/c1-9(5-6-13-11-3-4-11)7-12-14-10(2)8-15-12/h8-9,11,13H,3-7H2,1-2H3. The van der Waals surface area contributed by atoms with E-state index in [-0.39, 0.29) is 0 Å². The number of thiazole rings is 1. The molecule has 1 N–H and O–H groups in total. The van der Waals surface area contributed by atoms with Crippen molar-refractivity contribution in [3.8, 4) is 0 Å². The molecular weight excluding hydrogens is 204 g/mol. The van der Waals surface area contributed by atoms with Crippen LogP contribution in [0, 0.1) is 12.8 Å². The summed E-state index contributed by atoms with van der Waals surface area (Å²) in [7, 11) is 0. The lowest BCUT2D eigenvalue weighted by Crippen LogP contribution is -2.20. The molecule has 2 rings (SSSR count). The Morgan fingerprint density at radius 1 is 1.60 bits per heavy atom. The maximum Gasteiger partial charge on any atom is 0.0930 e. The van der Waals surface area contributed by atoms with Gasteiger partial charge in [-0.2, -0.15) is 0 Å². The van der Waals surface area contributed by atoms with Gasteiger partial charge in [-0.1, -0.05) is 6.92 Å². The Morgan fingerprint density at radius 3 is 3.00 bits per heavy atom. The summed E-state index contributed by atoms with van der Waals surface area (Å²) in [6.07, 6.45) is 5.19. The van der Waals surface area contributed by atoms with E-state index in [2.05, 4.69) is 29.5 Å². The van der Waals surface area contributed by atoms with Crippen LogP contribution in [0.1, 0.15) is 36.9 Å². The van der Waals surface area contributed by atoms with Crippen LogP contribution in [0.15, 0.2) is 5.38 Å². The van der Waals surface area contributed by atoms with E-state index < -0.39 is 0 Å². The number of hydrogen-bond donors (Lipinski definition) is 1. The molecule has 0 radical (unpaired) electrons. The summed E-state index contributed by atoms with van der Waals surface area (Å²) in [4.78, 5) is 4.50. The molecule has 1 aliphatic carbocycles. The summed E-state index contributed by atoms with van der Waals surface area (Å²) in [6, 6.07) is 0.847. The second-order valence-corrected chi connectivity index (χ2v) is 5.65. The van der Waals surface area contributed by atoms with Crippen molar-refractivity contribution in [2.24, 2.45) is 5.92 Å². The third-order valence-corrected chi connectivity index (χ3v) is 3.83. The quantitative estimate of drug-likeness (QED) is 0.803. The normalized spacial score (nSPS) is 18.0. The van der Waals surface area contributed by atoms with Gasteiger partial charge in [-0.15, -0.1) is 11.3 Å². The maximum absolute atomic E-state index is 4.50. The van der Waals surface area contributed by atoms with Crippen LogP contribution in [0.4, 0.5) is 0 Å². The number of aryl methyl sites for hydroxylation is 1. The van der Waals surface area contributed by atoms with Crippen molar-refractivity contribution in [3.63, 3.8) is 0 Å². The molecule has 2 nitrogen and oxygen atoms in total. The highest BCUT2D eigenvalue weighted by molar-refractivity contribution is 7.09. The maximum atomic E-state index is 4.50. The van der Waals surface area contributed by atoms with Crippen LogP contribution < -0.4 is 5.32 Å². The van der Waals surface area contributed by atoms with E-state index >= 15 is 0 Å². The number of hydrogen-bond acceptors (Lipinski definition) is 3. The van der Waals surface area contributed by atoms with Gasteiger partial charge in [0.15, 0.2) is 0 Å². The SMILES string of the molecule is Cc1csc(CC(C)CCNC2CC2)n1. The van der Waals surface area contributed by atoms with Crippen LogP contribution >= 0.6 is 11.3 Å². The molecule has 0 amide bonds. The minimum Gasteiger partial charge on any atom is -0.314 e. The number of nitrogens with zero attached hydrogens (tertiary/aromatic N) is 1. The second kappa shape index (κ2) is 5.08. The van der Waals surface area contributed by atoms with Crippen molar-refractivity contribution in [2.45, 2.75) is 45.6 Å². The third-order valence-electron chi connectivity index (χ3n) is 2.84. The van der Waals surface area contributed by atoms with Crippen molar-refractivity contribution in [3.05, 3.63) is 16.1 Å². The molecule has 0 aromatic carbocycles. The number of rotatable bonds is 6. The molecule has 0 spiro atoms. The van der Waals surface area contributed by atoms with Gasteiger partial charge in [0.2, 0.25) is 0 Å². The third kappa shape index (κ3) is 3.92. The highest BCUT2D eigenvalue weighted by Crippen LogP contribution is 2.19. The van der Waals surface area contributed by atoms with Gasteiger partial charge in [0.25, 0.3) is 0 Å². The van der Waals surface area contributed by atoms with E-state index in [1.807, 2.05) is 0 Å². The average molecular weight is 224 g/mol. The van der Waals surface area contributed by atoms with Gasteiger partial charge in [-0.05, 0) is 38.6 Å². The van der Waals surface area contributed by atoms with Crippen molar-refractivity contribution in [1.29, 1.82) is 0 Å². The fourth-order valence-corrected chi connectivity index (χ4v) is 2.65. The van der Waals surface area contributed by atoms with Crippen molar-refractivity contribution < 1.29 is 0 Å². The van der Waals surface area contributed by atoms with E-state index in [9.17, 15) is 0 Å². The molecule has 3 heteroatoms. The Labute approximate surface area is 96.1 Å². The predicted molar refractivity (Wildman–Crippen MR) is 65.4 cm³/mol. The van der Waals surface area contributed by atoms with Crippen molar-refractivity contribution >= 4 is 11.3 Å². The van der Waals surface area contributed by atoms with E-state index in [0.29, 0.717) is 0 Å². The van der Waals surface area contributed by atoms with Crippen molar-refractivity contribution in [1.82, 2.24) is 10.3 Å². The van der Waals surface area contributed by atoms with Gasteiger partial charge in [0.05, 0.1) is 5.01 Å². The summed E-state index contributed by atoms with van der Waals surface area (Å²) >= 11 is 1.80. The fourth-order valence-electron chi connectivity index (χ4n) is 1.72. The summed E-state index contributed by atoms with van der Waals surface area (Å²) in [5.41, 5.74) is 1.17. The molecule has 1 atom stereocenters. The zero-order chi connectivity index (χ0) is 10.7. The Bertz CT molecular complexity index is 304. The predicted octanol–water partition coefficient (Wildman–Crippen LogP) is 2.77. The molecule has 15 heavy (non-hydrogen) atoms. The molecule has 1 aromatic rings. The zero-order valence-corrected chi connectivity index (χ0v) is 10.4. The van der Waals surface area contributed by atoms with E-state index in [4.69, 9.17) is 0 Å². The molecule has 0 saturated heterocycles. The minimum atomic E-state index is 0.752. The number of aromatic nitrogens is 1. The molecule has 0 bridgehead atoms. The second-order valence-electron chi connectivity index (χ2n) is 4.71. The Balaban J connectivity index is 1.64. The topological polar surface area (TPSA) is 24.9 Å². The molecule has 1 unspecified atom stereocenters. The highest BCUT2D eigenvalue weighted by atomic mass is 32.1. The van der Waals surface area contributed by atoms with Crippen molar-refractivity contribution in [2.75, 3.05) is 6.54 Å². The largest absolute Gasteiger partial charge is 0.314 e. The molecule has 1 aliphatic rings. The Morgan fingerprint density at radius 2 is 2.40 bits per heavy atom. The van der Waals surface area contributed by atoms with Crippen LogP contribution in [-0.4, -0.2) is 17.6 Å². The lowest BCUT2D eigenvalue weighted by molar-refractivity contribution is 0.496. The van der Waals surface area contributed by atoms with Gasteiger partial charge < -0.3 is 5.32 Å². The van der Waals surface area contributed by atoms with Crippen LogP contribution in [0.3, 0.4) is 0 Å². The smallest absolute Gasteiger partial charge is 0.0930 e. The van der Waals surface area contributed by atoms with E-state index in [0.717, 1.165) is 18.4 Å². The van der Waals surface area contributed by atoms with Gasteiger partial charge in [-0.25, -0.2) is 4.98 Å². The van der Waals surface area contributed by atoms with Gasteiger partial charge in [0.1, 0.15) is 0 Å². The van der Waals surface area contributed by atoms with E-state index in [1.54, 1.807) is 11.3 Å². The molecule has 1 saturated carbocycles. The van der Waals surface area contributed by atoms with Crippen LogP contribution in [-0.2, 0) is 6.42 Å². The lowest BCUT2D eigenvalue weighted by Gasteiger charge is -2.09. The first-order valence-electron chi connectivity index (χ1n) is 5.88. The molecule has 1 heterocycles. The van der Waals surface area contributed by atoms with E-state index in [1.165, 1.54) is 36.5 Å². The zero-order valence-electron chi connectivity index (χ0n) is 9.62. The summed E-state index contributed by atoms with van der Waals surface area (Å²) in [6.45, 7) is 5.57. The van der Waals surface area contributed by atoms with Gasteiger partial charge in [-0.3, -0.25) is 0 Å². The first kappa shape index (κ1) is 11.1. The monoisotopic (exact) mass is 224 g/mol. The minimum absolute atomic E-state index is 0.752. The molecule has 84 valence electrons. The highest BCUT2D eigenvalue weighted by Gasteiger charge is 2.20. The molecule has 0 aliphatic heterocycles. The van der Waals surface area contributed by atoms with Crippen LogP contribution in [0.2, 0.25) is 0 Å². The molecular formula is C12H20N2S. The molecule has 1 aromatic heterocycles. The summed E-state index contributed by atoms with van der Waals surface area (Å²) in [5, 5.41) is 7.00. The lowest BCUT2D eigenvalue weighted by atomic mass is 10.0. The first-order chi connectivity index (χ1) is 7.24. The average Bonchev–Trinajstić information content (AvgIpc) is 2.91. The van der Waals surface area contributed by atoms with Gasteiger partial charge >= 0.3 is 0 Å². The van der Waals surface area contributed by atoms with Gasteiger partial charge in [0, 0.05) is 23.5 Å². The number of nitrogens with one attached hydrogen (secondary N) is 1. The van der Waals surface area contributed by atoms with Crippen LogP contribution in [0.5, 0.6) is 0 Å². The summed E-state index contributed by atoms with van der Waals surface area (Å²) < 4.78 is 0. The van der Waals surface area contributed by atoms with Crippen LogP contribution in [0.25, 0.3) is 0 Å².